The maximum absolute atomic E-state index is 14.4. The van der Waals surface area contributed by atoms with Crippen LogP contribution < -0.4 is 5.32 Å². The molecule has 4 aromatic rings. The third kappa shape index (κ3) is 9.25. The number of hydrogen-bond acceptors (Lipinski definition) is 5. The Morgan fingerprint density at radius 1 is 1.00 bits per heavy atom. The monoisotopic (exact) mass is 772 g/mol. The van der Waals surface area contributed by atoms with Gasteiger partial charge in [0.2, 0.25) is 0 Å². The van der Waals surface area contributed by atoms with Crippen molar-refractivity contribution in [1.82, 2.24) is 10.2 Å². The number of hydrogen-bond donors (Lipinski definition) is 3. The summed E-state index contributed by atoms with van der Waals surface area (Å²) in [4.78, 5) is 31.4. The van der Waals surface area contributed by atoms with Crippen molar-refractivity contribution in [2.24, 2.45) is 5.41 Å². The summed E-state index contributed by atoms with van der Waals surface area (Å²) in [7, 11) is 0. The Morgan fingerprint density at radius 3 is 2.51 bits per heavy atom. The minimum atomic E-state index is -4.62. The van der Waals surface area contributed by atoms with Crippen molar-refractivity contribution in [2.45, 2.75) is 102 Å². The van der Waals surface area contributed by atoms with Crippen molar-refractivity contribution >= 4 is 23.2 Å². The quantitative estimate of drug-likeness (QED) is 0.117. The van der Waals surface area contributed by atoms with Gasteiger partial charge >= 0.3 is 12.2 Å². The fourth-order valence-corrected chi connectivity index (χ4v) is 9.26. The Bertz CT molecular complexity index is 1980. The number of urea groups is 1. The topological polar surface area (TPSA) is 89.9 Å². The van der Waals surface area contributed by atoms with Gasteiger partial charge in [-0.15, -0.1) is 11.3 Å². The van der Waals surface area contributed by atoms with Gasteiger partial charge in [-0.1, -0.05) is 79.2 Å². The van der Waals surface area contributed by atoms with Crippen LogP contribution in [0, 0.1) is 5.41 Å². The first-order chi connectivity index (χ1) is 26.2. The van der Waals surface area contributed by atoms with E-state index < -0.39 is 34.6 Å². The van der Waals surface area contributed by atoms with E-state index in [1.807, 2.05) is 80.7 Å². The number of alkyl halides is 3. The lowest BCUT2D eigenvalue weighted by atomic mass is 9.64. The summed E-state index contributed by atoms with van der Waals surface area (Å²) in [5, 5.41) is 29.1. The van der Waals surface area contributed by atoms with Crippen LogP contribution in [0.25, 0.3) is 0 Å². The number of ketones is 1. The van der Waals surface area contributed by atoms with Gasteiger partial charge in [0.25, 0.3) is 0 Å². The summed E-state index contributed by atoms with van der Waals surface area (Å²) in [5.41, 5.74) is 0.549. The Balaban J connectivity index is 1.40. The maximum Gasteiger partial charge on any atom is 0.416 e. The fraction of sp³-hybridized carbons (Fsp3) is 0.422. The highest BCUT2D eigenvalue weighted by atomic mass is 32.1. The summed E-state index contributed by atoms with van der Waals surface area (Å²) in [6, 6.07) is 23.1. The molecule has 10 heteroatoms. The highest BCUT2D eigenvalue weighted by molar-refractivity contribution is 7.09. The molecular formula is C45H51F3N2O4S. The number of amides is 2. The van der Waals surface area contributed by atoms with E-state index in [2.05, 4.69) is 11.4 Å². The first kappa shape index (κ1) is 40.4. The number of carbonyl (C=O) groups is 2. The number of carbonyl (C=O) groups excluding carboxylic acids is 2. The second kappa shape index (κ2) is 16.9. The van der Waals surface area contributed by atoms with Gasteiger partial charge in [0.15, 0.2) is 5.78 Å². The molecule has 1 fully saturated rings. The van der Waals surface area contributed by atoms with E-state index in [1.165, 1.54) is 12.1 Å². The average molecular weight is 773 g/mol. The van der Waals surface area contributed by atoms with Crippen molar-refractivity contribution in [3.05, 3.63) is 140 Å². The molecular weight excluding hydrogens is 722 g/mol. The number of rotatable bonds is 9. The summed E-state index contributed by atoms with van der Waals surface area (Å²) in [6.07, 6.45) is 0.982. The molecule has 6 nitrogen and oxygen atoms in total. The van der Waals surface area contributed by atoms with E-state index in [4.69, 9.17) is 0 Å². The minimum Gasteiger partial charge on any atom is -0.393 e. The Labute approximate surface area is 326 Å². The molecule has 1 saturated carbocycles. The maximum atomic E-state index is 14.4. The van der Waals surface area contributed by atoms with Crippen LogP contribution in [0.5, 0.6) is 0 Å². The zero-order valence-electron chi connectivity index (χ0n) is 31.7. The number of thiophene rings is 1. The van der Waals surface area contributed by atoms with E-state index in [0.717, 1.165) is 28.1 Å². The summed E-state index contributed by atoms with van der Waals surface area (Å²) < 4.78 is 41.4. The molecule has 2 bridgehead atoms. The first-order valence-corrected chi connectivity index (χ1v) is 20.1. The van der Waals surface area contributed by atoms with E-state index in [9.17, 15) is 33.0 Å². The van der Waals surface area contributed by atoms with Crippen LogP contribution in [0.1, 0.15) is 114 Å². The fourth-order valence-electron chi connectivity index (χ4n) is 8.56. The van der Waals surface area contributed by atoms with Crippen LogP contribution in [-0.2, 0) is 19.0 Å². The van der Waals surface area contributed by atoms with Gasteiger partial charge in [-0.25, -0.2) is 4.79 Å². The Morgan fingerprint density at radius 2 is 1.78 bits per heavy atom. The van der Waals surface area contributed by atoms with Gasteiger partial charge in [-0.3, -0.25) is 4.79 Å². The number of nitrogens with zero attached hydrogens (tertiary/aromatic N) is 1. The number of fused-ring (bicyclic) bond motifs is 8. The molecule has 0 radical (unpaired) electrons. The molecule has 0 unspecified atom stereocenters. The number of aliphatic hydroxyl groups excluding tert-OH is 1. The number of allylic oxidation sites excluding steroid dienone is 2. The highest BCUT2D eigenvalue weighted by Gasteiger charge is 2.57. The van der Waals surface area contributed by atoms with Gasteiger partial charge in [-0.2, -0.15) is 13.2 Å². The van der Waals surface area contributed by atoms with Gasteiger partial charge < -0.3 is 20.4 Å². The second-order valence-corrected chi connectivity index (χ2v) is 16.7. The molecule has 0 aliphatic heterocycles. The summed E-state index contributed by atoms with van der Waals surface area (Å²) in [5.74, 6) is -0.895. The SMILES string of the molecule is CC1=CCC[C@@]2(C)[C@@H](CC[C@@]2(O)CN(CCc2cccs2)C(=O)N[C@H](C)c2ccccc2)c2ccc(cc2C(=O)c2cccc(C(F)(F)F)c2)C[C@@H](O)CC1. The number of aliphatic hydroxyl groups is 2. The van der Waals surface area contributed by atoms with Crippen LogP contribution in [-0.4, -0.2) is 51.7 Å². The molecule has 5 atom stereocenters. The average Bonchev–Trinajstić information content (AvgIpc) is 3.77. The van der Waals surface area contributed by atoms with Gasteiger partial charge in [0.1, 0.15) is 0 Å². The van der Waals surface area contributed by atoms with Crippen molar-refractivity contribution < 1.29 is 33.0 Å². The van der Waals surface area contributed by atoms with Gasteiger partial charge in [-0.05, 0) is 117 Å². The lowest BCUT2D eigenvalue weighted by Gasteiger charge is -2.46. The molecule has 55 heavy (non-hydrogen) atoms. The van der Waals surface area contributed by atoms with Crippen molar-refractivity contribution in [3.8, 4) is 0 Å². The number of benzene rings is 3. The molecule has 3 aromatic carbocycles. The van der Waals surface area contributed by atoms with Gasteiger partial charge in [0, 0.05) is 28.0 Å². The van der Waals surface area contributed by atoms with Crippen molar-refractivity contribution in [1.29, 1.82) is 0 Å². The second-order valence-electron chi connectivity index (χ2n) is 15.7. The molecule has 1 heterocycles. The molecule has 0 saturated heterocycles. The van der Waals surface area contributed by atoms with Crippen molar-refractivity contribution in [3.63, 3.8) is 0 Å². The normalized spacial score (nSPS) is 23.7. The molecule has 3 aliphatic rings. The summed E-state index contributed by atoms with van der Waals surface area (Å²) >= 11 is 1.62. The van der Waals surface area contributed by atoms with Gasteiger partial charge in [0.05, 0.1) is 29.9 Å². The highest BCUT2D eigenvalue weighted by Crippen LogP contribution is 2.59. The lowest BCUT2D eigenvalue weighted by molar-refractivity contribution is -0.137. The predicted molar refractivity (Wildman–Crippen MR) is 211 cm³/mol. The third-order valence-corrected chi connectivity index (χ3v) is 12.9. The zero-order valence-corrected chi connectivity index (χ0v) is 32.6. The lowest BCUT2D eigenvalue weighted by Crippen LogP contribution is -2.56. The predicted octanol–water partition coefficient (Wildman–Crippen LogP) is 10.1. The zero-order chi connectivity index (χ0) is 39.4. The number of nitrogens with one attached hydrogen (secondary N) is 1. The van der Waals surface area contributed by atoms with Crippen LogP contribution in [0.2, 0.25) is 0 Å². The number of halogens is 3. The molecule has 3 aliphatic carbocycles. The van der Waals surface area contributed by atoms with Crippen molar-refractivity contribution in [2.75, 3.05) is 13.1 Å². The molecule has 0 spiro atoms. The third-order valence-electron chi connectivity index (χ3n) is 12.0. The standard InChI is InChI=1S/C45H51F3N2O4S/c1-30-10-8-22-43(3)40(38-19-17-32(26-36(51)18-16-30)27-39(38)41(52)34-13-7-14-35(28-34)45(46,47)48)20-23-44(43,54)29-50(24-21-37-15-9-25-55-37)42(53)49-31(2)33-11-5-4-6-12-33/h4-7,9-15,17,19,25,27-28,31,36,40,51,54H,8,16,18,20-24,26,29H2,1-3H3,(H,49,53)/t31-,36+,40+,43+,44-/m1/s1. The molecule has 7 rings (SSSR count). The van der Waals surface area contributed by atoms with E-state index >= 15 is 0 Å². The molecule has 1 aromatic heterocycles. The van der Waals surface area contributed by atoms with Crippen LogP contribution in [0.15, 0.2) is 102 Å². The smallest absolute Gasteiger partial charge is 0.393 e. The van der Waals surface area contributed by atoms with Crippen LogP contribution in [0.3, 0.4) is 0 Å². The van der Waals surface area contributed by atoms with E-state index in [0.29, 0.717) is 62.6 Å². The molecule has 2 amide bonds. The largest absolute Gasteiger partial charge is 0.416 e. The summed E-state index contributed by atoms with van der Waals surface area (Å²) in [6.45, 7) is 6.46. The minimum absolute atomic E-state index is 0.0581. The van der Waals surface area contributed by atoms with Crippen LogP contribution in [0.4, 0.5) is 18.0 Å². The first-order valence-electron chi connectivity index (χ1n) is 19.2. The van der Waals surface area contributed by atoms with E-state index in [1.54, 1.807) is 22.3 Å². The van der Waals surface area contributed by atoms with Crippen LogP contribution >= 0.6 is 11.3 Å². The molecule has 292 valence electrons. The Kier molecular flexibility index (Phi) is 12.4. The molecule has 3 N–H and O–H groups in total. The Hall–Kier alpha value is -4.25. The van der Waals surface area contributed by atoms with E-state index in [-0.39, 0.29) is 42.1 Å².